The van der Waals surface area contributed by atoms with Gasteiger partial charge in [0, 0.05) is 44.6 Å². The van der Waals surface area contributed by atoms with Crippen LogP contribution in [-0.2, 0) is 6.54 Å². The van der Waals surface area contributed by atoms with Crippen LogP contribution in [0.15, 0.2) is 42.7 Å². The number of fused-ring (bicyclic) bond motifs is 4. The van der Waals surface area contributed by atoms with E-state index in [0.717, 1.165) is 43.7 Å². The van der Waals surface area contributed by atoms with Gasteiger partial charge in [0.25, 0.3) is 5.91 Å². The summed E-state index contributed by atoms with van der Waals surface area (Å²) in [6.45, 7) is 5.45. The Kier molecular flexibility index (Phi) is 4.72. The number of hydrogen-bond donors (Lipinski definition) is 0. The second-order valence-corrected chi connectivity index (χ2v) is 7.57. The number of amides is 1. The van der Waals surface area contributed by atoms with Crippen molar-refractivity contribution < 1.29 is 9.18 Å². The Morgan fingerprint density at radius 1 is 1.15 bits per heavy atom. The molecule has 5 heteroatoms. The van der Waals surface area contributed by atoms with Gasteiger partial charge in [0.05, 0.1) is 5.56 Å². The quantitative estimate of drug-likeness (QED) is 0.850. The average molecular weight is 353 g/mol. The second kappa shape index (κ2) is 7.16. The summed E-state index contributed by atoms with van der Waals surface area (Å²) in [5.74, 6) is 0.400. The van der Waals surface area contributed by atoms with Crippen LogP contribution in [0.1, 0.15) is 34.3 Å². The predicted octanol–water partition coefficient (Wildman–Crippen LogP) is 3.27. The molecule has 0 saturated carbocycles. The van der Waals surface area contributed by atoms with Crippen LogP contribution in [0.5, 0.6) is 0 Å². The molecule has 5 rings (SSSR count). The van der Waals surface area contributed by atoms with Gasteiger partial charge in [-0.1, -0.05) is 12.1 Å². The monoisotopic (exact) mass is 353 g/mol. The molecular formula is C21H24FN3O. The molecule has 0 aliphatic carbocycles. The van der Waals surface area contributed by atoms with E-state index in [1.807, 2.05) is 25.1 Å². The van der Waals surface area contributed by atoms with Crippen molar-refractivity contribution in [3.8, 4) is 0 Å². The molecule has 3 saturated heterocycles. The molecular weight excluding hydrogens is 329 g/mol. The third kappa shape index (κ3) is 3.49. The Morgan fingerprint density at radius 2 is 1.96 bits per heavy atom. The van der Waals surface area contributed by atoms with Crippen LogP contribution in [0, 0.1) is 18.7 Å². The van der Waals surface area contributed by atoms with Gasteiger partial charge >= 0.3 is 0 Å². The van der Waals surface area contributed by atoms with Crippen molar-refractivity contribution in [2.75, 3.05) is 19.6 Å². The number of rotatable bonds is 3. The Balaban J connectivity index is 1.50. The molecule has 3 aliphatic rings. The zero-order valence-electron chi connectivity index (χ0n) is 15.1. The molecule has 0 spiro atoms. The van der Waals surface area contributed by atoms with E-state index >= 15 is 0 Å². The number of hydrogen-bond acceptors (Lipinski definition) is 3. The van der Waals surface area contributed by atoms with E-state index in [4.69, 9.17) is 0 Å². The maximum Gasteiger partial charge on any atom is 0.255 e. The summed E-state index contributed by atoms with van der Waals surface area (Å²) in [6, 6.07) is 8.87. The molecule has 4 nitrogen and oxygen atoms in total. The zero-order valence-corrected chi connectivity index (χ0v) is 15.1. The fourth-order valence-corrected chi connectivity index (χ4v) is 4.25. The smallest absolute Gasteiger partial charge is 0.255 e. The number of halogens is 1. The summed E-state index contributed by atoms with van der Waals surface area (Å²) < 4.78 is 13.1. The van der Waals surface area contributed by atoms with E-state index in [-0.39, 0.29) is 17.8 Å². The van der Waals surface area contributed by atoms with Gasteiger partial charge in [0.15, 0.2) is 0 Å². The first-order valence-electron chi connectivity index (χ1n) is 9.28. The molecule has 1 aromatic heterocycles. The number of carbonyl (C=O) groups is 1. The molecule has 0 N–H and O–H groups in total. The minimum absolute atomic E-state index is 0.105. The van der Waals surface area contributed by atoms with Crippen molar-refractivity contribution in [2.24, 2.45) is 5.92 Å². The van der Waals surface area contributed by atoms with Gasteiger partial charge in [0.2, 0.25) is 0 Å². The zero-order chi connectivity index (χ0) is 18.1. The van der Waals surface area contributed by atoms with Gasteiger partial charge in [0.1, 0.15) is 5.82 Å². The lowest BCUT2D eigenvalue weighted by atomic mass is 9.94. The molecule has 4 heterocycles. The van der Waals surface area contributed by atoms with Crippen molar-refractivity contribution in [1.82, 2.24) is 14.8 Å². The molecule has 0 radical (unpaired) electrons. The summed E-state index contributed by atoms with van der Waals surface area (Å²) in [5.41, 5.74) is 2.81. The third-order valence-electron chi connectivity index (χ3n) is 5.64. The lowest BCUT2D eigenvalue weighted by Crippen LogP contribution is -2.47. The standard InChI is InChI=1S/C21H24FN3O/c1-15-8-9-23-10-20(15)21(26)25-13-17-4-7-19(25)14-24(12-17)11-16-2-5-18(22)6-3-16/h2-3,5-6,8-10,17,19H,4,7,11-14H2,1H3/t17-,19+/m0/s1. The number of pyridine rings is 1. The maximum absolute atomic E-state index is 13.1. The summed E-state index contributed by atoms with van der Waals surface area (Å²) in [4.78, 5) is 21.7. The molecule has 0 unspecified atom stereocenters. The molecule has 3 fully saturated rings. The molecule has 2 atom stereocenters. The van der Waals surface area contributed by atoms with E-state index in [0.29, 0.717) is 11.5 Å². The maximum atomic E-state index is 13.1. The summed E-state index contributed by atoms with van der Waals surface area (Å²) >= 11 is 0. The van der Waals surface area contributed by atoms with E-state index < -0.39 is 0 Å². The highest BCUT2D eigenvalue weighted by Gasteiger charge is 2.37. The van der Waals surface area contributed by atoms with Crippen molar-refractivity contribution in [2.45, 2.75) is 32.4 Å². The molecule has 2 aromatic rings. The third-order valence-corrected chi connectivity index (χ3v) is 5.64. The topological polar surface area (TPSA) is 36.4 Å². The molecule has 2 bridgehead atoms. The van der Waals surface area contributed by atoms with Crippen molar-refractivity contribution in [1.29, 1.82) is 0 Å². The van der Waals surface area contributed by atoms with Crippen LogP contribution < -0.4 is 0 Å². The van der Waals surface area contributed by atoms with Crippen molar-refractivity contribution in [3.05, 3.63) is 65.2 Å². The normalized spacial score (nSPS) is 23.1. The molecule has 1 aromatic carbocycles. The van der Waals surface area contributed by atoms with Crippen LogP contribution in [0.2, 0.25) is 0 Å². The second-order valence-electron chi connectivity index (χ2n) is 7.57. The van der Waals surface area contributed by atoms with Crippen LogP contribution in [0.3, 0.4) is 0 Å². The Hall–Kier alpha value is -2.27. The van der Waals surface area contributed by atoms with Gasteiger partial charge in [-0.3, -0.25) is 14.7 Å². The lowest BCUT2D eigenvalue weighted by Gasteiger charge is -2.36. The minimum atomic E-state index is -0.201. The fraction of sp³-hybridized carbons (Fsp3) is 0.429. The van der Waals surface area contributed by atoms with E-state index in [1.54, 1.807) is 12.4 Å². The van der Waals surface area contributed by atoms with Gasteiger partial charge in [-0.15, -0.1) is 0 Å². The number of benzene rings is 1. The van der Waals surface area contributed by atoms with Gasteiger partial charge < -0.3 is 4.90 Å². The van der Waals surface area contributed by atoms with E-state index in [9.17, 15) is 9.18 Å². The minimum Gasteiger partial charge on any atom is -0.334 e. The van der Waals surface area contributed by atoms with E-state index in [1.165, 1.54) is 18.6 Å². The van der Waals surface area contributed by atoms with Gasteiger partial charge in [-0.2, -0.15) is 0 Å². The average Bonchev–Trinajstić information content (AvgIpc) is 2.94. The number of aryl methyl sites for hydroxylation is 1. The van der Waals surface area contributed by atoms with Crippen molar-refractivity contribution >= 4 is 5.91 Å². The van der Waals surface area contributed by atoms with Crippen LogP contribution >= 0.6 is 0 Å². The fourth-order valence-electron chi connectivity index (χ4n) is 4.25. The highest BCUT2D eigenvalue weighted by Crippen LogP contribution is 2.30. The largest absolute Gasteiger partial charge is 0.334 e. The first-order chi connectivity index (χ1) is 12.6. The van der Waals surface area contributed by atoms with Crippen molar-refractivity contribution in [3.63, 3.8) is 0 Å². The number of carbonyl (C=O) groups excluding carboxylic acids is 1. The highest BCUT2D eigenvalue weighted by atomic mass is 19.1. The Morgan fingerprint density at radius 3 is 2.73 bits per heavy atom. The van der Waals surface area contributed by atoms with E-state index in [2.05, 4.69) is 14.8 Å². The number of aromatic nitrogens is 1. The Bertz CT molecular complexity index is 792. The molecule has 26 heavy (non-hydrogen) atoms. The summed E-state index contributed by atoms with van der Waals surface area (Å²) in [7, 11) is 0. The van der Waals surface area contributed by atoms with Crippen LogP contribution in [0.4, 0.5) is 4.39 Å². The lowest BCUT2D eigenvalue weighted by molar-refractivity contribution is 0.0583. The molecule has 3 aliphatic heterocycles. The molecule has 1 amide bonds. The predicted molar refractivity (Wildman–Crippen MR) is 98.2 cm³/mol. The van der Waals surface area contributed by atoms with Gasteiger partial charge in [-0.25, -0.2) is 4.39 Å². The number of nitrogens with zero attached hydrogens (tertiary/aromatic N) is 3. The van der Waals surface area contributed by atoms with Crippen LogP contribution in [0.25, 0.3) is 0 Å². The Labute approximate surface area is 153 Å². The molecule has 136 valence electrons. The summed E-state index contributed by atoms with van der Waals surface area (Å²) in [6.07, 6.45) is 5.63. The highest BCUT2D eigenvalue weighted by molar-refractivity contribution is 5.95. The van der Waals surface area contributed by atoms with Gasteiger partial charge in [-0.05, 0) is 55.0 Å². The van der Waals surface area contributed by atoms with Crippen LogP contribution in [-0.4, -0.2) is 46.4 Å². The number of piperidine rings is 1. The SMILES string of the molecule is Cc1ccncc1C(=O)N1C[C@H]2CC[C@@H]1CN(Cc1ccc(F)cc1)C2. The first kappa shape index (κ1) is 17.2. The first-order valence-corrected chi connectivity index (χ1v) is 9.28. The summed E-state index contributed by atoms with van der Waals surface area (Å²) in [5, 5.41) is 0.